The SMILES string of the molecule is CC(C)c1ccc(NC(=NCCc2c[nH]c3ccccc23)NC(=O)c2cccs2)cc1. The number of para-hydroxylation sites is 1. The van der Waals surface area contributed by atoms with Crippen LogP contribution in [0.5, 0.6) is 0 Å². The van der Waals surface area contributed by atoms with Crippen LogP contribution in [0.25, 0.3) is 10.9 Å². The van der Waals surface area contributed by atoms with E-state index in [1.54, 1.807) is 6.07 Å². The Bertz CT molecular complexity index is 1170. The maximum Gasteiger partial charge on any atom is 0.268 e. The fourth-order valence-electron chi connectivity index (χ4n) is 3.40. The molecule has 0 spiro atoms. The van der Waals surface area contributed by atoms with Crippen molar-refractivity contribution in [2.24, 2.45) is 4.99 Å². The summed E-state index contributed by atoms with van der Waals surface area (Å²) in [7, 11) is 0. The van der Waals surface area contributed by atoms with Crippen molar-refractivity contribution in [2.75, 3.05) is 11.9 Å². The average Bonchev–Trinajstić information content (AvgIpc) is 3.45. The minimum absolute atomic E-state index is 0.160. The maximum absolute atomic E-state index is 12.6. The predicted octanol–water partition coefficient (Wildman–Crippen LogP) is 5.79. The van der Waals surface area contributed by atoms with Crippen molar-refractivity contribution in [1.29, 1.82) is 0 Å². The van der Waals surface area contributed by atoms with Crippen LogP contribution in [-0.4, -0.2) is 23.4 Å². The van der Waals surface area contributed by atoms with Crippen molar-refractivity contribution in [1.82, 2.24) is 10.3 Å². The molecule has 0 saturated carbocycles. The molecule has 158 valence electrons. The predicted molar refractivity (Wildman–Crippen MR) is 130 cm³/mol. The molecule has 0 atom stereocenters. The fourth-order valence-corrected chi connectivity index (χ4v) is 4.02. The van der Waals surface area contributed by atoms with Crippen molar-refractivity contribution >= 4 is 39.8 Å². The van der Waals surface area contributed by atoms with Gasteiger partial charge >= 0.3 is 0 Å². The van der Waals surface area contributed by atoms with Crippen molar-refractivity contribution in [3.63, 3.8) is 0 Å². The van der Waals surface area contributed by atoms with Gasteiger partial charge in [-0.25, -0.2) is 0 Å². The number of nitrogens with one attached hydrogen (secondary N) is 3. The van der Waals surface area contributed by atoms with E-state index in [0.717, 1.165) is 17.6 Å². The molecule has 0 saturated heterocycles. The zero-order valence-corrected chi connectivity index (χ0v) is 18.5. The molecule has 0 radical (unpaired) electrons. The number of hydrogen-bond donors (Lipinski definition) is 3. The van der Waals surface area contributed by atoms with Crippen LogP contribution in [0, 0.1) is 0 Å². The van der Waals surface area contributed by atoms with Crippen LogP contribution in [0.4, 0.5) is 5.69 Å². The number of thiophene rings is 1. The Kier molecular flexibility index (Phi) is 6.48. The smallest absolute Gasteiger partial charge is 0.268 e. The molecule has 4 rings (SSSR count). The van der Waals surface area contributed by atoms with Gasteiger partial charge in [-0.15, -0.1) is 11.3 Å². The highest BCUT2D eigenvalue weighted by Gasteiger charge is 2.11. The Balaban J connectivity index is 1.50. The van der Waals surface area contributed by atoms with Crippen molar-refractivity contribution in [3.05, 3.63) is 88.2 Å². The molecule has 1 amide bonds. The molecular formula is C25H26N4OS. The number of aromatic nitrogens is 1. The third kappa shape index (κ3) is 5.22. The van der Waals surface area contributed by atoms with E-state index in [-0.39, 0.29) is 5.91 Å². The van der Waals surface area contributed by atoms with Gasteiger partial charge in [0, 0.05) is 29.3 Å². The van der Waals surface area contributed by atoms with Gasteiger partial charge in [0.1, 0.15) is 0 Å². The third-order valence-electron chi connectivity index (χ3n) is 5.14. The number of benzene rings is 2. The van der Waals surface area contributed by atoms with Crippen LogP contribution in [0.1, 0.15) is 40.6 Å². The molecule has 0 bridgehead atoms. The number of carbonyl (C=O) groups excluding carboxylic acids is 1. The molecule has 6 heteroatoms. The summed E-state index contributed by atoms with van der Waals surface area (Å²) in [6.07, 6.45) is 2.80. The Morgan fingerprint density at radius 1 is 1.06 bits per heavy atom. The second kappa shape index (κ2) is 9.62. The van der Waals surface area contributed by atoms with E-state index in [9.17, 15) is 4.79 Å². The van der Waals surface area contributed by atoms with Crippen LogP contribution in [0.3, 0.4) is 0 Å². The first-order valence-corrected chi connectivity index (χ1v) is 11.3. The zero-order chi connectivity index (χ0) is 21.6. The second-order valence-corrected chi connectivity index (χ2v) is 8.62. The van der Waals surface area contributed by atoms with Gasteiger partial charge < -0.3 is 10.3 Å². The topological polar surface area (TPSA) is 69.3 Å². The second-order valence-electron chi connectivity index (χ2n) is 7.67. The third-order valence-corrected chi connectivity index (χ3v) is 6.01. The van der Waals surface area contributed by atoms with Gasteiger partial charge in [0.25, 0.3) is 5.91 Å². The lowest BCUT2D eigenvalue weighted by Gasteiger charge is -2.12. The molecule has 5 nitrogen and oxygen atoms in total. The highest BCUT2D eigenvalue weighted by atomic mass is 32.1. The Labute approximate surface area is 186 Å². The average molecular weight is 431 g/mol. The number of guanidine groups is 1. The summed E-state index contributed by atoms with van der Waals surface area (Å²) in [6, 6.07) is 20.1. The van der Waals surface area contributed by atoms with Gasteiger partial charge in [0.05, 0.1) is 4.88 Å². The Hall–Kier alpha value is -3.38. The summed E-state index contributed by atoms with van der Waals surface area (Å²) >= 11 is 1.41. The molecule has 31 heavy (non-hydrogen) atoms. The maximum atomic E-state index is 12.6. The summed E-state index contributed by atoms with van der Waals surface area (Å²) in [5.74, 6) is 0.763. The van der Waals surface area contributed by atoms with Crippen LogP contribution in [0.15, 0.2) is 77.2 Å². The number of carbonyl (C=O) groups is 1. The molecule has 0 aliphatic rings. The van der Waals surface area contributed by atoms with E-state index in [4.69, 9.17) is 0 Å². The molecule has 0 unspecified atom stereocenters. The summed E-state index contributed by atoms with van der Waals surface area (Å²) in [4.78, 5) is 21.2. The molecule has 2 aromatic heterocycles. The number of amides is 1. The van der Waals surface area contributed by atoms with E-state index >= 15 is 0 Å². The largest absolute Gasteiger partial charge is 0.361 e. The minimum Gasteiger partial charge on any atom is -0.361 e. The van der Waals surface area contributed by atoms with Gasteiger partial charge in [0.15, 0.2) is 0 Å². The Morgan fingerprint density at radius 2 is 1.87 bits per heavy atom. The molecule has 3 N–H and O–H groups in total. The van der Waals surface area contributed by atoms with E-state index in [1.165, 1.54) is 27.8 Å². The van der Waals surface area contributed by atoms with E-state index in [0.29, 0.717) is 23.3 Å². The zero-order valence-electron chi connectivity index (χ0n) is 17.7. The monoisotopic (exact) mass is 430 g/mol. The minimum atomic E-state index is -0.160. The number of H-pyrrole nitrogens is 1. The molecule has 2 aromatic carbocycles. The molecule has 0 aliphatic heterocycles. The first-order chi connectivity index (χ1) is 15.1. The van der Waals surface area contributed by atoms with Gasteiger partial charge in [-0.05, 0) is 53.1 Å². The summed E-state index contributed by atoms with van der Waals surface area (Å²) < 4.78 is 0. The Morgan fingerprint density at radius 3 is 2.61 bits per heavy atom. The molecular weight excluding hydrogens is 404 g/mol. The summed E-state index contributed by atoms with van der Waals surface area (Å²) in [6.45, 7) is 4.89. The standard InChI is InChI=1S/C25H26N4OS/c1-17(2)18-9-11-20(12-10-18)28-25(29-24(30)23-8-5-15-31-23)26-14-13-19-16-27-22-7-4-3-6-21(19)22/h3-12,15-17,27H,13-14H2,1-2H3,(H2,26,28,29,30). The van der Waals surface area contributed by atoms with E-state index < -0.39 is 0 Å². The van der Waals surface area contributed by atoms with Gasteiger partial charge in [-0.2, -0.15) is 0 Å². The highest BCUT2D eigenvalue weighted by Crippen LogP contribution is 2.19. The lowest BCUT2D eigenvalue weighted by molar-refractivity contribution is 0.0981. The number of aromatic amines is 1. The van der Waals surface area contributed by atoms with Crippen LogP contribution in [-0.2, 0) is 6.42 Å². The fraction of sp³-hybridized carbons (Fsp3) is 0.200. The molecule has 0 aliphatic carbocycles. The van der Waals surface area contributed by atoms with E-state index in [1.807, 2.05) is 41.9 Å². The van der Waals surface area contributed by atoms with Crippen molar-refractivity contribution in [2.45, 2.75) is 26.2 Å². The number of hydrogen-bond acceptors (Lipinski definition) is 3. The van der Waals surface area contributed by atoms with Crippen LogP contribution in [0.2, 0.25) is 0 Å². The summed E-state index contributed by atoms with van der Waals surface area (Å²) in [5, 5.41) is 9.29. The number of rotatable bonds is 6. The summed E-state index contributed by atoms with van der Waals surface area (Å²) in [5.41, 5.74) is 4.49. The normalized spacial score (nSPS) is 11.8. The first kappa shape index (κ1) is 20.9. The number of nitrogens with zero attached hydrogens (tertiary/aromatic N) is 1. The lowest BCUT2D eigenvalue weighted by Crippen LogP contribution is -2.36. The molecule has 4 aromatic rings. The molecule has 2 heterocycles. The van der Waals surface area contributed by atoms with Gasteiger partial charge in [0.2, 0.25) is 5.96 Å². The van der Waals surface area contributed by atoms with Gasteiger partial charge in [-0.3, -0.25) is 15.1 Å². The van der Waals surface area contributed by atoms with Crippen LogP contribution < -0.4 is 10.6 Å². The van der Waals surface area contributed by atoms with Crippen LogP contribution >= 0.6 is 11.3 Å². The number of fused-ring (bicyclic) bond motifs is 1. The quantitative estimate of drug-likeness (QED) is 0.267. The van der Waals surface area contributed by atoms with Crippen molar-refractivity contribution in [3.8, 4) is 0 Å². The number of aliphatic imine (C=N–C) groups is 1. The number of anilines is 1. The van der Waals surface area contributed by atoms with E-state index in [2.05, 4.69) is 58.7 Å². The molecule has 0 fully saturated rings. The highest BCUT2D eigenvalue weighted by molar-refractivity contribution is 7.12. The first-order valence-electron chi connectivity index (χ1n) is 10.4. The van der Waals surface area contributed by atoms with Crippen molar-refractivity contribution < 1.29 is 4.79 Å². The van der Waals surface area contributed by atoms with Gasteiger partial charge in [-0.1, -0.05) is 50.2 Å². The lowest BCUT2D eigenvalue weighted by atomic mass is 10.0.